The second-order valence-corrected chi connectivity index (χ2v) is 29.8. The van der Waals surface area contributed by atoms with Crippen molar-refractivity contribution in [2.24, 2.45) is 63.4 Å². The van der Waals surface area contributed by atoms with Gasteiger partial charge in [0.05, 0.1) is 16.6 Å². The van der Waals surface area contributed by atoms with E-state index in [0.717, 1.165) is 66.0 Å². The molecule has 5 N–H and O–H groups in total. The zero-order valence-corrected chi connectivity index (χ0v) is 49.6. The van der Waals surface area contributed by atoms with Crippen LogP contribution in [0.15, 0.2) is 87.9 Å². The number of anilines is 1. The van der Waals surface area contributed by atoms with Crippen molar-refractivity contribution in [3.05, 3.63) is 83.0 Å². The number of allylic oxidation sites excluding steroid dienone is 6. The number of hydrogen-bond acceptors (Lipinski definition) is 6. The predicted octanol–water partition coefficient (Wildman–Crippen LogP) is 15.8. The zero-order chi connectivity index (χ0) is 53.8. The van der Waals surface area contributed by atoms with Crippen molar-refractivity contribution in [1.29, 1.82) is 0 Å². The van der Waals surface area contributed by atoms with Crippen LogP contribution in [0.3, 0.4) is 0 Å². The Bertz CT molecular complexity index is 2430. The molecule has 414 valence electrons. The van der Waals surface area contributed by atoms with E-state index in [9.17, 15) is 18.6 Å². The minimum absolute atomic E-state index is 0.281. The molecule has 0 heterocycles. The average Bonchev–Trinajstić information content (AvgIpc) is 3.85. The third-order valence-corrected chi connectivity index (χ3v) is 21.5. The molecule has 0 amide bonds. The third-order valence-electron chi connectivity index (χ3n) is 19.9. The molecule has 6 saturated carbocycles. The van der Waals surface area contributed by atoms with Crippen LogP contribution in [0, 0.1) is 57.7 Å². The van der Waals surface area contributed by atoms with Gasteiger partial charge in [-0.1, -0.05) is 152 Å². The van der Waals surface area contributed by atoms with Gasteiger partial charge in [0.1, 0.15) is 0 Å². The zero-order valence-electron chi connectivity index (χ0n) is 48.7. The molecule has 0 bridgehead atoms. The summed E-state index contributed by atoms with van der Waals surface area (Å²) in [5.74, 6) is 5.33. The number of rotatable bonds is 15. The van der Waals surface area contributed by atoms with E-state index in [1.54, 1.807) is 23.3 Å². The number of nitrogens with zero attached hydrogens (tertiary/aromatic N) is 1. The van der Waals surface area contributed by atoms with Gasteiger partial charge in [0.15, 0.2) is 0 Å². The van der Waals surface area contributed by atoms with Gasteiger partial charge in [-0.2, -0.15) is 0 Å². The smallest absolute Gasteiger partial charge is 0.241 e. The van der Waals surface area contributed by atoms with Crippen LogP contribution in [-0.4, -0.2) is 56.5 Å². The lowest BCUT2D eigenvalue weighted by Gasteiger charge is -2.44. The summed E-state index contributed by atoms with van der Waals surface area (Å²) in [5.41, 5.74) is 14.0. The SMILES string of the molecule is C[C@@H]1C/C(=C/C=C2\CCC[C@]3(C)[C@@H]([C@H](C)CCCC(C)(C)C)CC[C@@H]23)C[C@@H](N)C1.C[C@H](CCCC(C)(C)O)[C@H]1CC[C@H]2/C(=C/C=C3/C[C@@H](O)C[C@H](NS(=O)(=O)c4cccc5c(N(C)C)cccc45)C3)CCC[C@]12C. The number of nitrogens with one attached hydrogen (secondary N) is 1. The highest BCUT2D eigenvalue weighted by atomic mass is 32.2. The van der Waals surface area contributed by atoms with E-state index in [1.165, 1.54) is 102 Å². The first-order chi connectivity index (χ1) is 34.8. The normalized spacial score (nSPS) is 33.9. The lowest BCUT2D eigenvalue weighted by Crippen LogP contribution is -2.40. The second kappa shape index (κ2) is 24.5. The highest BCUT2D eigenvalue weighted by molar-refractivity contribution is 7.89. The van der Waals surface area contributed by atoms with Gasteiger partial charge in [-0.15, -0.1) is 0 Å². The van der Waals surface area contributed by atoms with E-state index in [1.807, 2.05) is 57.1 Å². The van der Waals surface area contributed by atoms with Gasteiger partial charge in [0.2, 0.25) is 10.0 Å². The maximum Gasteiger partial charge on any atom is 0.241 e. The molecule has 0 aromatic heterocycles. The fourth-order valence-electron chi connectivity index (χ4n) is 16.4. The van der Waals surface area contributed by atoms with E-state index < -0.39 is 21.7 Å². The Morgan fingerprint density at radius 2 is 1.28 bits per heavy atom. The van der Waals surface area contributed by atoms with Gasteiger partial charge in [-0.25, -0.2) is 13.1 Å². The van der Waals surface area contributed by atoms with Gasteiger partial charge in [0, 0.05) is 42.6 Å². The van der Waals surface area contributed by atoms with Crippen molar-refractivity contribution in [1.82, 2.24) is 4.72 Å². The fraction of sp³-hybridized carbons (Fsp3) is 0.727. The third kappa shape index (κ3) is 14.7. The highest BCUT2D eigenvalue weighted by Gasteiger charge is 2.52. The summed E-state index contributed by atoms with van der Waals surface area (Å²) < 4.78 is 30.4. The van der Waals surface area contributed by atoms with Crippen LogP contribution in [0.5, 0.6) is 0 Å². The molecule has 6 aliphatic carbocycles. The molecule has 2 aromatic carbocycles. The number of benzene rings is 2. The van der Waals surface area contributed by atoms with Crippen molar-refractivity contribution in [3.63, 3.8) is 0 Å². The molecule has 0 unspecified atom stereocenters. The van der Waals surface area contributed by atoms with Crippen LogP contribution in [0.25, 0.3) is 10.8 Å². The van der Waals surface area contributed by atoms with Gasteiger partial charge in [-0.3, -0.25) is 0 Å². The molecular weight excluding hydrogens is 931 g/mol. The molecule has 8 heteroatoms. The molecule has 6 fully saturated rings. The molecule has 0 saturated heterocycles. The molecule has 0 aliphatic heterocycles. The molecule has 2 aromatic rings. The van der Waals surface area contributed by atoms with Crippen molar-refractivity contribution >= 4 is 26.5 Å². The molecule has 0 spiro atoms. The Morgan fingerprint density at radius 3 is 1.82 bits per heavy atom. The van der Waals surface area contributed by atoms with Gasteiger partial charge < -0.3 is 20.8 Å². The summed E-state index contributed by atoms with van der Waals surface area (Å²) >= 11 is 0. The lowest BCUT2D eigenvalue weighted by atomic mass is 9.60. The van der Waals surface area contributed by atoms with Crippen LogP contribution >= 0.6 is 0 Å². The van der Waals surface area contributed by atoms with Crippen molar-refractivity contribution < 1.29 is 18.6 Å². The quantitative estimate of drug-likeness (QED) is 0.141. The highest BCUT2D eigenvalue weighted by Crippen LogP contribution is 2.61. The van der Waals surface area contributed by atoms with E-state index in [2.05, 4.69) is 84.4 Å². The molecule has 0 radical (unpaired) electrons. The summed E-state index contributed by atoms with van der Waals surface area (Å²) in [5, 5.41) is 22.6. The minimum Gasteiger partial charge on any atom is -0.393 e. The number of sulfonamides is 1. The number of aliphatic hydroxyl groups excluding tert-OH is 1. The van der Waals surface area contributed by atoms with E-state index >= 15 is 0 Å². The average molecular weight is 1040 g/mol. The summed E-state index contributed by atoms with van der Waals surface area (Å²) in [6, 6.07) is 11.2. The first-order valence-corrected chi connectivity index (χ1v) is 31.4. The minimum atomic E-state index is -3.80. The maximum atomic E-state index is 13.7. The molecule has 74 heavy (non-hydrogen) atoms. The van der Waals surface area contributed by atoms with Crippen molar-refractivity contribution in [2.45, 2.75) is 239 Å². The van der Waals surface area contributed by atoms with Crippen LogP contribution in [0.4, 0.5) is 5.69 Å². The first kappa shape index (κ1) is 58.9. The van der Waals surface area contributed by atoms with Gasteiger partial charge >= 0.3 is 0 Å². The topological polar surface area (TPSA) is 116 Å². The largest absolute Gasteiger partial charge is 0.393 e. The van der Waals surface area contributed by atoms with Gasteiger partial charge in [0.25, 0.3) is 0 Å². The van der Waals surface area contributed by atoms with E-state index in [4.69, 9.17) is 5.73 Å². The Morgan fingerprint density at radius 1 is 0.743 bits per heavy atom. The number of hydrogen-bond donors (Lipinski definition) is 4. The number of nitrogens with two attached hydrogens (primary N) is 1. The number of fused-ring (bicyclic) bond motifs is 3. The van der Waals surface area contributed by atoms with Crippen molar-refractivity contribution in [3.8, 4) is 0 Å². The summed E-state index contributed by atoms with van der Waals surface area (Å²) in [7, 11) is 0.123. The van der Waals surface area contributed by atoms with Crippen LogP contribution < -0.4 is 15.4 Å². The van der Waals surface area contributed by atoms with Crippen LogP contribution in [0.2, 0.25) is 0 Å². The summed E-state index contributed by atoms with van der Waals surface area (Å²) in [4.78, 5) is 2.28. The molecule has 8 rings (SSSR count). The monoisotopic (exact) mass is 1040 g/mol. The molecule has 12 atom stereocenters. The molecule has 6 aliphatic rings. The standard InChI is InChI=1S/C38H56N2O4S.C28H49N/c1-26(11-9-21-37(2,3)42)33-19-20-34-28(12-10-22-38(33,34)4)18-17-27-23-29(25-30(41)24-27)39-45(43,44)36-16-8-13-31-32(36)14-7-15-35(31)40(5)6;1-20-17-22(19-24(29)18-20)11-12-23-10-8-16-28(6)25(13-14-26(23)28)21(2)9-7-15-27(3,4)5/h7-8,13-18,26,29-30,33-34,39,41-42H,9-12,19-25H2,1-6H3;11-12,20-21,24-26H,7-10,13-19,29H2,1-6H3/b27-17+,28-18+;22-11-,23-12+/t26-,29-,30-,33-,34+,38-;20-,21-,24+,25-,26+,28-/m11/s1. The van der Waals surface area contributed by atoms with Crippen LogP contribution in [0.1, 0.15) is 210 Å². The first-order valence-electron chi connectivity index (χ1n) is 29.9. The predicted molar refractivity (Wildman–Crippen MR) is 314 cm³/mol. The number of aliphatic hydroxyl groups is 2. The maximum absolute atomic E-state index is 13.7. The van der Waals surface area contributed by atoms with Crippen LogP contribution in [-0.2, 0) is 10.0 Å². The lowest BCUT2D eigenvalue weighted by molar-refractivity contribution is 0.0596. The Balaban J connectivity index is 0.000000238. The van der Waals surface area contributed by atoms with Crippen molar-refractivity contribution in [2.75, 3.05) is 19.0 Å². The molecule has 7 nitrogen and oxygen atoms in total. The van der Waals surface area contributed by atoms with Gasteiger partial charge in [-0.05, 0) is 199 Å². The van der Waals surface area contributed by atoms with E-state index in [0.29, 0.717) is 64.7 Å². The molecular formula is C66H105N3O4S. The Hall–Kier alpha value is -2.75. The Labute approximate surface area is 452 Å². The Kier molecular flexibility index (Phi) is 19.5. The summed E-state index contributed by atoms with van der Waals surface area (Å²) in [6.45, 7) is 23.5. The van der Waals surface area contributed by atoms with E-state index in [-0.39, 0.29) is 10.9 Å². The fourth-order valence-corrected chi connectivity index (χ4v) is 17.8. The summed E-state index contributed by atoms with van der Waals surface area (Å²) in [6.07, 6.45) is 34.6. The second-order valence-electron chi connectivity index (χ2n) is 28.1.